The summed E-state index contributed by atoms with van der Waals surface area (Å²) in [6.45, 7) is 2.14. The molecule has 0 amide bonds. The fourth-order valence-corrected chi connectivity index (χ4v) is 3.56. The molecule has 0 aliphatic rings. The number of para-hydroxylation sites is 1. The number of furan rings is 1. The Hall–Kier alpha value is -3.07. The average molecular weight is 313 g/mol. The van der Waals surface area contributed by atoms with Crippen molar-refractivity contribution >= 4 is 33.0 Å². The maximum absolute atomic E-state index is 6.01. The van der Waals surface area contributed by atoms with Crippen LogP contribution < -0.4 is 4.57 Å². The van der Waals surface area contributed by atoms with Gasteiger partial charge in [0.05, 0.1) is 12.6 Å². The van der Waals surface area contributed by atoms with Crippen LogP contribution in [-0.2, 0) is 7.05 Å². The number of hydrogen-bond donors (Lipinski definition) is 1. The third-order valence-electron chi connectivity index (χ3n) is 4.85. The zero-order valence-corrected chi connectivity index (χ0v) is 13.6. The van der Waals surface area contributed by atoms with Crippen LogP contribution in [0.3, 0.4) is 0 Å². The van der Waals surface area contributed by atoms with Crippen molar-refractivity contribution in [2.75, 3.05) is 0 Å². The van der Waals surface area contributed by atoms with E-state index in [-0.39, 0.29) is 0 Å². The monoisotopic (exact) mass is 313 g/mol. The first-order valence-corrected chi connectivity index (χ1v) is 8.11. The van der Waals surface area contributed by atoms with Gasteiger partial charge >= 0.3 is 0 Å². The van der Waals surface area contributed by atoms with Gasteiger partial charge in [-0.3, -0.25) is 0 Å². The van der Waals surface area contributed by atoms with E-state index in [2.05, 4.69) is 72.1 Å². The summed E-state index contributed by atoms with van der Waals surface area (Å²) < 4.78 is 8.23. The number of aromatic amines is 1. The van der Waals surface area contributed by atoms with E-state index >= 15 is 0 Å². The van der Waals surface area contributed by atoms with Crippen molar-refractivity contribution in [2.24, 2.45) is 7.05 Å². The van der Waals surface area contributed by atoms with E-state index in [9.17, 15) is 0 Å². The van der Waals surface area contributed by atoms with Gasteiger partial charge in [-0.2, -0.15) is 0 Å². The quantitative estimate of drug-likeness (QED) is 0.440. The van der Waals surface area contributed by atoms with Gasteiger partial charge < -0.3 is 4.42 Å². The summed E-state index contributed by atoms with van der Waals surface area (Å²) in [6.07, 6.45) is 0. The summed E-state index contributed by atoms with van der Waals surface area (Å²) in [7, 11) is 2.11. The van der Waals surface area contributed by atoms with Gasteiger partial charge in [0.1, 0.15) is 11.2 Å². The maximum atomic E-state index is 6.01. The normalized spacial score (nSPS) is 11.8. The second-order valence-corrected chi connectivity index (χ2v) is 6.31. The highest BCUT2D eigenvalue weighted by Gasteiger charge is 2.20. The van der Waals surface area contributed by atoms with Crippen LogP contribution in [0.5, 0.6) is 0 Å². The van der Waals surface area contributed by atoms with Gasteiger partial charge in [-0.25, -0.2) is 9.55 Å². The highest BCUT2D eigenvalue weighted by Crippen LogP contribution is 2.32. The molecule has 0 atom stereocenters. The summed E-state index contributed by atoms with van der Waals surface area (Å²) >= 11 is 0. The second-order valence-electron chi connectivity index (χ2n) is 6.31. The molecule has 0 aliphatic carbocycles. The Balaban J connectivity index is 1.86. The number of aromatic nitrogens is 2. The van der Waals surface area contributed by atoms with Crippen LogP contribution in [0.4, 0.5) is 0 Å². The van der Waals surface area contributed by atoms with Gasteiger partial charge in [-0.15, -0.1) is 0 Å². The van der Waals surface area contributed by atoms with E-state index < -0.39 is 0 Å². The SMILES string of the molecule is Cc1ccccc1-c1[nH]c2cc3oc4ccccc4c3cc2[n+]1C. The lowest BCUT2D eigenvalue weighted by atomic mass is 10.1. The molecule has 5 rings (SSSR count). The van der Waals surface area contributed by atoms with Crippen molar-refractivity contribution in [2.45, 2.75) is 6.92 Å². The first kappa shape index (κ1) is 13.4. The van der Waals surface area contributed by atoms with Crippen molar-refractivity contribution in [1.29, 1.82) is 0 Å². The number of H-pyrrole nitrogens is 1. The molecular weight excluding hydrogens is 296 g/mol. The molecular formula is C21H17N2O+. The molecule has 1 N–H and O–H groups in total. The van der Waals surface area contributed by atoms with Gasteiger partial charge in [-0.1, -0.05) is 36.4 Å². The van der Waals surface area contributed by atoms with Crippen LogP contribution in [0.15, 0.2) is 65.1 Å². The van der Waals surface area contributed by atoms with Crippen molar-refractivity contribution in [3.05, 3.63) is 66.2 Å². The molecule has 24 heavy (non-hydrogen) atoms. The van der Waals surface area contributed by atoms with Crippen LogP contribution in [0.2, 0.25) is 0 Å². The number of benzene rings is 3. The van der Waals surface area contributed by atoms with Gasteiger partial charge in [-0.05, 0) is 24.6 Å². The number of rotatable bonds is 1. The molecule has 2 aromatic heterocycles. The lowest BCUT2D eigenvalue weighted by molar-refractivity contribution is -0.633. The fraction of sp³-hybridized carbons (Fsp3) is 0.0952. The fourth-order valence-electron chi connectivity index (χ4n) is 3.56. The third-order valence-corrected chi connectivity index (χ3v) is 4.85. The largest absolute Gasteiger partial charge is 0.456 e. The van der Waals surface area contributed by atoms with Crippen LogP contribution in [-0.4, -0.2) is 4.98 Å². The summed E-state index contributed by atoms with van der Waals surface area (Å²) in [4.78, 5) is 3.56. The van der Waals surface area contributed by atoms with E-state index in [1.165, 1.54) is 16.6 Å². The molecule has 3 heteroatoms. The predicted molar refractivity (Wildman–Crippen MR) is 96.9 cm³/mol. The standard InChI is InChI=1S/C21H16N2O/c1-13-7-3-4-8-14(13)21-22-17-12-20-16(11-18(17)23(21)2)15-9-5-6-10-19(15)24-20/h3-12H,1-2H3/p+1. The Morgan fingerprint density at radius 2 is 1.67 bits per heavy atom. The Labute approximate surface area is 139 Å². The zero-order valence-electron chi connectivity index (χ0n) is 13.6. The lowest BCUT2D eigenvalue weighted by Crippen LogP contribution is -2.29. The minimum Gasteiger partial charge on any atom is -0.456 e. The summed E-state index contributed by atoms with van der Waals surface area (Å²) in [5.41, 5.74) is 6.59. The zero-order chi connectivity index (χ0) is 16.3. The molecule has 0 radical (unpaired) electrons. The first-order chi connectivity index (χ1) is 11.7. The minimum absolute atomic E-state index is 0.918. The molecule has 0 unspecified atom stereocenters. The number of nitrogens with zero attached hydrogens (tertiary/aromatic N) is 1. The Bertz CT molecular complexity index is 1230. The number of fused-ring (bicyclic) bond motifs is 4. The third kappa shape index (κ3) is 1.75. The van der Waals surface area contributed by atoms with Gasteiger partial charge in [0.25, 0.3) is 5.82 Å². The summed E-state index contributed by atoms with van der Waals surface area (Å²) in [5, 5.41) is 2.32. The van der Waals surface area contributed by atoms with Crippen LogP contribution in [0.1, 0.15) is 5.56 Å². The molecule has 3 nitrogen and oxygen atoms in total. The van der Waals surface area contributed by atoms with Crippen molar-refractivity contribution in [1.82, 2.24) is 4.98 Å². The lowest BCUT2D eigenvalue weighted by Gasteiger charge is -1.99. The smallest absolute Gasteiger partial charge is 0.287 e. The highest BCUT2D eigenvalue weighted by atomic mass is 16.3. The molecule has 0 saturated carbocycles. The minimum atomic E-state index is 0.918. The van der Waals surface area contributed by atoms with Crippen molar-refractivity contribution < 1.29 is 8.98 Å². The topological polar surface area (TPSA) is 32.8 Å². The molecule has 0 spiro atoms. The number of nitrogens with one attached hydrogen (secondary N) is 1. The van der Waals surface area contributed by atoms with E-state index in [4.69, 9.17) is 4.42 Å². The second kappa shape index (κ2) is 4.71. The number of imidazole rings is 1. The Morgan fingerprint density at radius 1 is 0.875 bits per heavy atom. The first-order valence-electron chi connectivity index (χ1n) is 8.11. The molecule has 116 valence electrons. The number of aryl methyl sites for hydroxylation is 2. The molecule has 3 aromatic carbocycles. The molecule has 2 heterocycles. The summed E-state index contributed by atoms with van der Waals surface area (Å²) in [6, 6.07) is 20.9. The Kier molecular flexibility index (Phi) is 2.63. The molecule has 0 bridgehead atoms. The molecule has 0 aliphatic heterocycles. The van der Waals surface area contributed by atoms with E-state index in [1.54, 1.807) is 0 Å². The van der Waals surface area contributed by atoms with Gasteiger partial charge in [0, 0.05) is 22.9 Å². The van der Waals surface area contributed by atoms with Crippen LogP contribution in [0, 0.1) is 6.92 Å². The Morgan fingerprint density at radius 3 is 2.54 bits per heavy atom. The van der Waals surface area contributed by atoms with Crippen molar-refractivity contribution in [3.8, 4) is 11.4 Å². The number of hydrogen-bond acceptors (Lipinski definition) is 1. The molecule has 0 fully saturated rings. The average Bonchev–Trinajstić information content (AvgIpc) is 3.11. The van der Waals surface area contributed by atoms with E-state index in [1.807, 2.05) is 12.1 Å². The van der Waals surface area contributed by atoms with Gasteiger partial charge in [0.2, 0.25) is 0 Å². The van der Waals surface area contributed by atoms with Crippen LogP contribution in [0.25, 0.3) is 44.4 Å². The van der Waals surface area contributed by atoms with Crippen molar-refractivity contribution in [3.63, 3.8) is 0 Å². The molecule has 0 saturated heterocycles. The molecule has 5 aromatic rings. The van der Waals surface area contributed by atoms with E-state index in [0.29, 0.717) is 0 Å². The highest BCUT2D eigenvalue weighted by molar-refractivity contribution is 6.08. The van der Waals surface area contributed by atoms with E-state index in [0.717, 1.165) is 33.3 Å². The van der Waals surface area contributed by atoms with Crippen LogP contribution >= 0.6 is 0 Å². The predicted octanol–water partition coefficient (Wildman–Crippen LogP) is 4.87. The van der Waals surface area contributed by atoms with Gasteiger partial charge in [0.15, 0.2) is 11.0 Å². The maximum Gasteiger partial charge on any atom is 0.287 e. The summed E-state index contributed by atoms with van der Waals surface area (Å²) in [5.74, 6) is 1.11.